The number of sulfone groups is 1. The van der Waals surface area contributed by atoms with Crippen molar-refractivity contribution < 1.29 is 13.2 Å². The van der Waals surface area contributed by atoms with Gasteiger partial charge in [-0.2, -0.15) is 0 Å². The van der Waals surface area contributed by atoms with Crippen LogP contribution in [0, 0.1) is 5.92 Å². The zero-order chi connectivity index (χ0) is 11.6. The van der Waals surface area contributed by atoms with E-state index in [4.69, 9.17) is 0 Å². The van der Waals surface area contributed by atoms with Crippen LogP contribution in [0.3, 0.4) is 0 Å². The van der Waals surface area contributed by atoms with Crippen molar-refractivity contribution in [2.45, 2.75) is 12.8 Å². The van der Waals surface area contributed by atoms with Crippen LogP contribution in [0.15, 0.2) is 24.4 Å². The molecule has 1 aliphatic rings. The average Bonchev–Trinajstić information content (AvgIpc) is 2.60. The number of ketones is 1. The van der Waals surface area contributed by atoms with Crippen LogP contribution in [0.25, 0.3) is 0 Å². The molecule has 0 aromatic carbocycles. The van der Waals surface area contributed by atoms with Gasteiger partial charge in [0.1, 0.15) is 5.78 Å². The molecule has 1 unspecified atom stereocenters. The Morgan fingerprint density at radius 1 is 1.44 bits per heavy atom. The van der Waals surface area contributed by atoms with Crippen molar-refractivity contribution in [3.8, 4) is 0 Å². The Kier molecular flexibility index (Phi) is 3.05. The minimum atomic E-state index is -2.97. The second-order valence-corrected chi connectivity index (χ2v) is 6.29. The molecule has 0 aliphatic carbocycles. The molecule has 1 saturated heterocycles. The number of rotatable bonds is 3. The Labute approximate surface area is 94.6 Å². The topological polar surface area (TPSA) is 64.1 Å². The van der Waals surface area contributed by atoms with Gasteiger partial charge < -0.3 is 0 Å². The van der Waals surface area contributed by atoms with Crippen molar-refractivity contribution >= 4 is 15.6 Å². The van der Waals surface area contributed by atoms with E-state index in [-0.39, 0.29) is 29.6 Å². The molecule has 0 amide bonds. The lowest BCUT2D eigenvalue weighted by Crippen LogP contribution is -2.18. The van der Waals surface area contributed by atoms with Gasteiger partial charge in [-0.25, -0.2) is 8.42 Å². The molecule has 0 spiro atoms. The molecule has 0 N–H and O–H groups in total. The number of Topliss-reactive ketones (excluding diaryl/α,β-unsaturated/α-hetero) is 1. The highest BCUT2D eigenvalue weighted by molar-refractivity contribution is 7.91. The molecular formula is C11H13NO3S. The molecule has 4 nitrogen and oxygen atoms in total. The van der Waals surface area contributed by atoms with E-state index in [0.717, 1.165) is 0 Å². The number of nitrogens with zero attached hydrogens (tertiary/aromatic N) is 1. The molecular weight excluding hydrogens is 226 g/mol. The third-order valence-electron chi connectivity index (χ3n) is 2.77. The van der Waals surface area contributed by atoms with Crippen LogP contribution in [-0.4, -0.2) is 30.7 Å². The lowest BCUT2D eigenvalue weighted by atomic mass is 10.00. The molecule has 2 heterocycles. The van der Waals surface area contributed by atoms with E-state index in [2.05, 4.69) is 4.98 Å². The summed E-state index contributed by atoms with van der Waals surface area (Å²) in [5.41, 5.74) is 0.705. The van der Waals surface area contributed by atoms with Gasteiger partial charge in [-0.3, -0.25) is 9.78 Å². The molecule has 0 radical (unpaired) electrons. The van der Waals surface area contributed by atoms with E-state index in [1.54, 1.807) is 18.3 Å². The Bertz CT molecular complexity index is 481. The first-order valence-electron chi connectivity index (χ1n) is 5.20. The van der Waals surface area contributed by atoms with Crippen LogP contribution in [0.2, 0.25) is 0 Å². The van der Waals surface area contributed by atoms with E-state index >= 15 is 0 Å². The maximum absolute atomic E-state index is 11.8. The fraction of sp³-hybridized carbons (Fsp3) is 0.455. The summed E-state index contributed by atoms with van der Waals surface area (Å²) in [5, 5.41) is 0. The van der Waals surface area contributed by atoms with Gasteiger partial charge in [0.15, 0.2) is 9.84 Å². The standard InChI is InChI=1S/C11H13NO3S/c13-11(7-10-3-1-2-5-12-10)9-4-6-16(14,15)8-9/h1-3,5,9H,4,6-8H2. The van der Waals surface area contributed by atoms with E-state index in [9.17, 15) is 13.2 Å². The summed E-state index contributed by atoms with van der Waals surface area (Å²) in [6.45, 7) is 0. The first-order chi connectivity index (χ1) is 7.57. The monoisotopic (exact) mass is 239 g/mol. The molecule has 1 aromatic heterocycles. The second kappa shape index (κ2) is 4.33. The van der Waals surface area contributed by atoms with E-state index < -0.39 is 9.84 Å². The summed E-state index contributed by atoms with van der Waals surface area (Å²) in [6, 6.07) is 5.39. The van der Waals surface area contributed by atoms with Gasteiger partial charge in [0, 0.05) is 24.2 Å². The zero-order valence-electron chi connectivity index (χ0n) is 8.80. The van der Waals surface area contributed by atoms with Gasteiger partial charge in [0.25, 0.3) is 0 Å². The highest BCUT2D eigenvalue weighted by Gasteiger charge is 2.32. The number of hydrogen-bond donors (Lipinski definition) is 0. The summed E-state index contributed by atoms with van der Waals surface area (Å²) in [5.74, 6) is -0.184. The molecule has 1 fully saturated rings. The van der Waals surface area contributed by atoms with Crippen LogP contribution in [-0.2, 0) is 21.1 Å². The molecule has 0 bridgehead atoms. The minimum absolute atomic E-state index is 0.0126. The average molecular weight is 239 g/mol. The van der Waals surface area contributed by atoms with Gasteiger partial charge in [-0.05, 0) is 18.6 Å². The van der Waals surface area contributed by atoms with Gasteiger partial charge >= 0.3 is 0 Å². The van der Waals surface area contributed by atoms with Crippen LogP contribution in [0.4, 0.5) is 0 Å². The van der Waals surface area contributed by atoms with Crippen molar-refractivity contribution in [2.75, 3.05) is 11.5 Å². The third-order valence-corrected chi connectivity index (χ3v) is 4.54. The SMILES string of the molecule is O=C(Cc1ccccn1)C1CCS(=O)(=O)C1. The van der Waals surface area contributed by atoms with Crippen LogP contribution < -0.4 is 0 Å². The molecule has 1 atom stereocenters. The molecule has 86 valence electrons. The molecule has 0 saturated carbocycles. The van der Waals surface area contributed by atoms with Gasteiger partial charge in [-0.15, -0.1) is 0 Å². The fourth-order valence-corrected chi connectivity index (χ4v) is 3.65. The zero-order valence-corrected chi connectivity index (χ0v) is 9.61. The Hall–Kier alpha value is -1.23. The number of carbonyl (C=O) groups excluding carboxylic acids is 1. The van der Waals surface area contributed by atoms with Crippen LogP contribution in [0.5, 0.6) is 0 Å². The van der Waals surface area contributed by atoms with Crippen molar-refractivity contribution in [1.82, 2.24) is 4.98 Å². The highest BCUT2D eigenvalue weighted by atomic mass is 32.2. The predicted molar refractivity (Wildman–Crippen MR) is 59.7 cm³/mol. The summed E-state index contributed by atoms with van der Waals surface area (Å²) in [6.07, 6.45) is 2.34. The first-order valence-corrected chi connectivity index (χ1v) is 7.02. The third kappa shape index (κ3) is 2.66. The van der Waals surface area contributed by atoms with E-state index in [1.165, 1.54) is 0 Å². The second-order valence-electron chi connectivity index (χ2n) is 4.06. The highest BCUT2D eigenvalue weighted by Crippen LogP contribution is 2.20. The maximum Gasteiger partial charge on any atom is 0.151 e. The largest absolute Gasteiger partial charge is 0.299 e. The summed E-state index contributed by atoms with van der Waals surface area (Å²) in [4.78, 5) is 15.9. The van der Waals surface area contributed by atoms with Crippen molar-refractivity contribution in [1.29, 1.82) is 0 Å². The minimum Gasteiger partial charge on any atom is -0.299 e. The van der Waals surface area contributed by atoms with Gasteiger partial charge in [0.05, 0.1) is 11.5 Å². The van der Waals surface area contributed by atoms with Crippen molar-refractivity contribution in [3.63, 3.8) is 0 Å². The molecule has 16 heavy (non-hydrogen) atoms. The Morgan fingerprint density at radius 3 is 2.81 bits per heavy atom. The van der Waals surface area contributed by atoms with Crippen molar-refractivity contribution in [3.05, 3.63) is 30.1 Å². The Morgan fingerprint density at radius 2 is 2.25 bits per heavy atom. The Balaban J connectivity index is 2.00. The van der Waals surface area contributed by atoms with E-state index in [1.807, 2.05) is 6.07 Å². The summed E-state index contributed by atoms with van der Waals surface area (Å²) >= 11 is 0. The van der Waals surface area contributed by atoms with E-state index in [0.29, 0.717) is 12.1 Å². The molecule has 2 rings (SSSR count). The number of pyridine rings is 1. The maximum atomic E-state index is 11.8. The van der Waals surface area contributed by atoms with Gasteiger partial charge in [0.2, 0.25) is 0 Å². The number of carbonyl (C=O) groups is 1. The lowest BCUT2D eigenvalue weighted by Gasteiger charge is -2.05. The van der Waals surface area contributed by atoms with Crippen molar-refractivity contribution in [2.24, 2.45) is 5.92 Å². The number of aromatic nitrogens is 1. The number of hydrogen-bond acceptors (Lipinski definition) is 4. The predicted octanol–water partition coefficient (Wildman–Crippen LogP) is 0.628. The van der Waals surface area contributed by atoms with Gasteiger partial charge in [-0.1, -0.05) is 6.07 Å². The quantitative estimate of drug-likeness (QED) is 0.776. The summed E-state index contributed by atoms with van der Waals surface area (Å²) < 4.78 is 22.5. The molecule has 5 heteroatoms. The molecule has 1 aromatic rings. The summed E-state index contributed by atoms with van der Waals surface area (Å²) in [7, 11) is -2.97. The normalized spacial score (nSPS) is 23.1. The first kappa shape index (κ1) is 11.3. The van der Waals surface area contributed by atoms with Crippen LogP contribution in [0.1, 0.15) is 12.1 Å². The smallest absolute Gasteiger partial charge is 0.151 e. The van der Waals surface area contributed by atoms with Crippen LogP contribution >= 0.6 is 0 Å². The lowest BCUT2D eigenvalue weighted by molar-refractivity contribution is -0.121. The fourth-order valence-electron chi connectivity index (χ4n) is 1.87. The molecule has 1 aliphatic heterocycles.